The van der Waals surface area contributed by atoms with Crippen LogP contribution in [0.2, 0.25) is 10.0 Å². The molecule has 0 fully saturated rings. The van der Waals surface area contributed by atoms with Gasteiger partial charge in [-0.3, -0.25) is 9.10 Å². The third-order valence-electron chi connectivity index (χ3n) is 3.08. The summed E-state index contributed by atoms with van der Waals surface area (Å²) in [5.74, 6) is -0.664. The van der Waals surface area contributed by atoms with Crippen LogP contribution in [0.1, 0.15) is 6.92 Å². The Hall–Kier alpha value is -1.76. The lowest BCUT2D eigenvalue weighted by molar-refractivity contribution is -0.141. The Morgan fingerprint density at radius 1 is 1.12 bits per heavy atom. The quantitative estimate of drug-likeness (QED) is 0.707. The highest BCUT2D eigenvalue weighted by Gasteiger charge is 2.29. The van der Waals surface area contributed by atoms with Gasteiger partial charge in [0.15, 0.2) is 0 Å². The van der Waals surface area contributed by atoms with Crippen LogP contribution in [-0.4, -0.2) is 27.5 Å². The first-order valence-electron chi connectivity index (χ1n) is 7.04. The van der Waals surface area contributed by atoms with Gasteiger partial charge in [0, 0.05) is 5.02 Å². The molecule has 0 bridgehead atoms. The van der Waals surface area contributed by atoms with Crippen molar-refractivity contribution in [2.24, 2.45) is 0 Å². The number of hydrogen-bond acceptors (Lipinski definition) is 4. The molecule has 0 amide bonds. The molecule has 0 aromatic heterocycles. The fourth-order valence-electron chi connectivity index (χ4n) is 2.03. The summed E-state index contributed by atoms with van der Waals surface area (Å²) in [5, 5.41) is 0.242. The zero-order valence-corrected chi connectivity index (χ0v) is 15.1. The smallest absolute Gasteiger partial charge is 0.326 e. The molecule has 0 aliphatic rings. The predicted molar refractivity (Wildman–Crippen MR) is 94.1 cm³/mol. The first-order chi connectivity index (χ1) is 11.4. The molecule has 0 saturated carbocycles. The Balaban J connectivity index is 2.53. The number of carbonyl (C=O) groups is 1. The van der Waals surface area contributed by atoms with Crippen molar-refractivity contribution >= 4 is 44.9 Å². The Labute approximate surface area is 150 Å². The lowest BCUT2D eigenvalue weighted by Crippen LogP contribution is -2.36. The van der Waals surface area contributed by atoms with Crippen LogP contribution in [0.3, 0.4) is 0 Å². The molecule has 2 rings (SSSR count). The monoisotopic (exact) mass is 387 g/mol. The van der Waals surface area contributed by atoms with E-state index in [0.29, 0.717) is 5.69 Å². The summed E-state index contributed by atoms with van der Waals surface area (Å²) >= 11 is 11.9. The zero-order chi connectivity index (χ0) is 17.7. The van der Waals surface area contributed by atoms with Gasteiger partial charge in [0.05, 0.1) is 17.3 Å². The largest absolute Gasteiger partial charge is 0.465 e. The first kappa shape index (κ1) is 18.6. The zero-order valence-electron chi connectivity index (χ0n) is 12.8. The summed E-state index contributed by atoms with van der Waals surface area (Å²) in [4.78, 5) is 11.7. The summed E-state index contributed by atoms with van der Waals surface area (Å²) in [6, 6.07) is 12.4. The van der Waals surface area contributed by atoms with E-state index in [1.54, 1.807) is 37.3 Å². The molecule has 0 atom stereocenters. The minimum Gasteiger partial charge on any atom is -0.465 e. The van der Waals surface area contributed by atoms with Gasteiger partial charge in [-0.05, 0) is 37.3 Å². The molecular formula is C16H15Cl2NO4S. The fraction of sp³-hybridized carbons (Fsp3) is 0.188. The number of para-hydroxylation sites is 1. The van der Waals surface area contributed by atoms with Crippen LogP contribution in [0.5, 0.6) is 0 Å². The van der Waals surface area contributed by atoms with Gasteiger partial charge in [0.1, 0.15) is 11.4 Å². The van der Waals surface area contributed by atoms with Gasteiger partial charge in [0.2, 0.25) is 0 Å². The average molecular weight is 388 g/mol. The van der Waals surface area contributed by atoms with E-state index in [-0.39, 0.29) is 21.5 Å². The van der Waals surface area contributed by atoms with Gasteiger partial charge < -0.3 is 4.74 Å². The molecule has 24 heavy (non-hydrogen) atoms. The summed E-state index contributed by atoms with van der Waals surface area (Å²) < 4.78 is 31.9. The van der Waals surface area contributed by atoms with E-state index < -0.39 is 22.5 Å². The van der Waals surface area contributed by atoms with E-state index in [1.165, 1.54) is 18.2 Å². The van der Waals surface area contributed by atoms with Crippen LogP contribution in [0.4, 0.5) is 5.69 Å². The number of benzene rings is 2. The highest BCUT2D eigenvalue weighted by Crippen LogP contribution is 2.30. The number of sulfonamides is 1. The number of anilines is 1. The van der Waals surface area contributed by atoms with E-state index in [9.17, 15) is 13.2 Å². The van der Waals surface area contributed by atoms with E-state index in [4.69, 9.17) is 27.9 Å². The second kappa shape index (κ2) is 7.88. The lowest BCUT2D eigenvalue weighted by atomic mass is 10.3. The second-order valence-electron chi connectivity index (χ2n) is 4.73. The van der Waals surface area contributed by atoms with Crippen molar-refractivity contribution in [3.63, 3.8) is 0 Å². The van der Waals surface area contributed by atoms with Crippen LogP contribution in [0, 0.1) is 0 Å². The molecule has 8 heteroatoms. The topological polar surface area (TPSA) is 63.7 Å². The van der Waals surface area contributed by atoms with E-state index in [2.05, 4.69) is 0 Å². The molecule has 2 aromatic rings. The summed E-state index contributed by atoms with van der Waals surface area (Å²) in [6.45, 7) is 1.33. The highest BCUT2D eigenvalue weighted by atomic mass is 35.5. The standard InChI is InChI=1S/C16H15Cl2NO4S/c1-2-23-16(20)11-19(13-6-4-3-5-7-13)24(21,22)15-10-12(17)8-9-14(15)18/h3-10H,2,11H2,1H3. The third-order valence-corrected chi connectivity index (χ3v) is 5.57. The molecule has 0 unspecified atom stereocenters. The van der Waals surface area contributed by atoms with Gasteiger partial charge in [-0.2, -0.15) is 0 Å². The molecule has 2 aromatic carbocycles. The number of nitrogens with zero attached hydrogens (tertiary/aromatic N) is 1. The molecule has 0 saturated heterocycles. The molecule has 0 aliphatic heterocycles. The number of halogens is 2. The Bertz CT molecular complexity index is 825. The van der Waals surface area contributed by atoms with Crippen molar-refractivity contribution in [3.05, 3.63) is 58.6 Å². The predicted octanol–water partition coefficient (Wildman–Crippen LogP) is 3.75. The lowest BCUT2D eigenvalue weighted by Gasteiger charge is -2.24. The third kappa shape index (κ3) is 4.20. The Kier molecular flexibility index (Phi) is 6.10. The van der Waals surface area contributed by atoms with Crippen LogP contribution < -0.4 is 4.31 Å². The van der Waals surface area contributed by atoms with E-state index in [1.807, 2.05) is 0 Å². The van der Waals surface area contributed by atoms with Crippen LogP contribution in [-0.2, 0) is 19.6 Å². The number of carbonyl (C=O) groups excluding carboxylic acids is 1. The van der Waals surface area contributed by atoms with Crippen molar-refractivity contribution < 1.29 is 17.9 Å². The number of hydrogen-bond donors (Lipinski definition) is 0. The molecule has 0 spiro atoms. The molecule has 0 N–H and O–H groups in total. The van der Waals surface area contributed by atoms with Crippen molar-refractivity contribution in [1.82, 2.24) is 0 Å². The van der Waals surface area contributed by atoms with E-state index in [0.717, 1.165) is 4.31 Å². The average Bonchev–Trinajstić information content (AvgIpc) is 2.55. The van der Waals surface area contributed by atoms with E-state index >= 15 is 0 Å². The van der Waals surface area contributed by atoms with Gasteiger partial charge in [0.25, 0.3) is 10.0 Å². The molecule has 0 aliphatic carbocycles. The normalized spacial score (nSPS) is 11.1. The maximum Gasteiger partial charge on any atom is 0.326 e. The summed E-state index contributed by atoms with van der Waals surface area (Å²) in [6.07, 6.45) is 0. The minimum atomic E-state index is -4.10. The molecule has 0 radical (unpaired) electrons. The number of rotatable bonds is 6. The number of esters is 1. The van der Waals surface area contributed by atoms with Crippen LogP contribution in [0.25, 0.3) is 0 Å². The minimum absolute atomic E-state index is 0.0178. The fourth-order valence-corrected chi connectivity index (χ4v) is 4.18. The molecular weight excluding hydrogens is 373 g/mol. The van der Waals surface area contributed by atoms with Gasteiger partial charge >= 0.3 is 5.97 Å². The maximum absolute atomic E-state index is 13.0. The highest BCUT2D eigenvalue weighted by molar-refractivity contribution is 7.93. The van der Waals surface area contributed by atoms with Crippen molar-refractivity contribution in [2.75, 3.05) is 17.5 Å². The van der Waals surface area contributed by atoms with Crippen molar-refractivity contribution in [3.8, 4) is 0 Å². The Morgan fingerprint density at radius 3 is 2.42 bits per heavy atom. The van der Waals surface area contributed by atoms with Crippen molar-refractivity contribution in [2.45, 2.75) is 11.8 Å². The molecule has 5 nitrogen and oxygen atoms in total. The SMILES string of the molecule is CCOC(=O)CN(c1ccccc1)S(=O)(=O)c1cc(Cl)ccc1Cl. The first-order valence-corrected chi connectivity index (χ1v) is 9.24. The van der Waals surface area contributed by atoms with Crippen LogP contribution in [0.15, 0.2) is 53.4 Å². The number of ether oxygens (including phenoxy) is 1. The maximum atomic E-state index is 13.0. The van der Waals surface area contributed by atoms with Crippen molar-refractivity contribution in [1.29, 1.82) is 0 Å². The second-order valence-corrected chi connectivity index (χ2v) is 7.40. The van der Waals surface area contributed by atoms with Gasteiger partial charge in [-0.1, -0.05) is 41.4 Å². The van der Waals surface area contributed by atoms with Gasteiger partial charge in [-0.15, -0.1) is 0 Å². The summed E-state index contributed by atoms with van der Waals surface area (Å²) in [7, 11) is -4.10. The van der Waals surface area contributed by atoms with Crippen LogP contribution >= 0.6 is 23.2 Å². The Morgan fingerprint density at radius 2 is 1.79 bits per heavy atom. The molecule has 128 valence electrons. The van der Waals surface area contributed by atoms with Gasteiger partial charge in [-0.25, -0.2) is 8.42 Å². The molecule has 0 heterocycles. The summed E-state index contributed by atoms with van der Waals surface area (Å²) in [5.41, 5.74) is 0.321.